The number of hydrogen-bond donors (Lipinski definition) is 1. The fourth-order valence-electron chi connectivity index (χ4n) is 2.89. The van der Waals surface area contributed by atoms with Gasteiger partial charge in [-0.15, -0.1) is 0 Å². The molecular weight excluding hydrogens is 248 g/mol. The number of likely N-dealkylation sites (tertiary alicyclic amines) is 1. The highest BCUT2D eigenvalue weighted by Crippen LogP contribution is 2.24. The highest BCUT2D eigenvalue weighted by atomic mass is 16.5. The Bertz CT molecular complexity index is 419. The molecule has 0 bridgehead atoms. The van der Waals surface area contributed by atoms with E-state index in [9.17, 15) is 0 Å². The largest absolute Gasteiger partial charge is 0.496 e. The number of nitrogens with one attached hydrogen (secondary N) is 1. The molecule has 1 N–H and O–H groups in total. The van der Waals surface area contributed by atoms with Crippen LogP contribution in [0.2, 0.25) is 0 Å². The highest BCUT2D eigenvalue weighted by molar-refractivity contribution is 5.37. The van der Waals surface area contributed by atoms with E-state index in [1.165, 1.54) is 37.1 Å². The maximum Gasteiger partial charge on any atom is 0.123 e. The average molecular weight is 276 g/mol. The summed E-state index contributed by atoms with van der Waals surface area (Å²) in [6.07, 6.45) is 2.49. The Labute approximate surface area is 123 Å². The Hall–Kier alpha value is -1.06. The minimum Gasteiger partial charge on any atom is -0.496 e. The van der Waals surface area contributed by atoms with Crippen molar-refractivity contribution in [3.8, 4) is 5.75 Å². The van der Waals surface area contributed by atoms with Gasteiger partial charge >= 0.3 is 0 Å². The lowest BCUT2D eigenvalue weighted by atomic mass is 10.1. The summed E-state index contributed by atoms with van der Waals surface area (Å²) >= 11 is 0. The number of methoxy groups -OCH3 is 1. The van der Waals surface area contributed by atoms with Gasteiger partial charge in [0.2, 0.25) is 0 Å². The molecule has 20 heavy (non-hydrogen) atoms. The lowest BCUT2D eigenvalue weighted by Crippen LogP contribution is -2.20. The summed E-state index contributed by atoms with van der Waals surface area (Å²) in [5.74, 6) is 1.85. The van der Waals surface area contributed by atoms with Crippen molar-refractivity contribution in [2.75, 3.05) is 26.7 Å². The summed E-state index contributed by atoms with van der Waals surface area (Å²) in [6.45, 7) is 9.98. The van der Waals surface area contributed by atoms with Crippen molar-refractivity contribution in [3.05, 3.63) is 29.3 Å². The second-order valence-corrected chi connectivity index (χ2v) is 5.95. The topological polar surface area (TPSA) is 24.5 Å². The molecule has 1 fully saturated rings. The first-order valence-corrected chi connectivity index (χ1v) is 7.81. The molecule has 1 heterocycles. The summed E-state index contributed by atoms with van der Waals surface area (Å²) in [4.78, 5) is 2.53. The monoisotopic (exact) mass is 276 g/mol. The van der Waals surface area contributed by atoms with E-state index in [-0.39, 0.29) is 0 Å². The number of hydrogen-bond acceptors (Lipinski definition) is 3. The van der Waals surface area contributed by atoms with Crippen molar-refractivity contribution in [2.24, 2.45) is 5.92 Å². The van der Waals surface area contributed by atoms with E-state index in [0.717, 1.165) is 31.3 Å². The van der Waals surface area contributed by atoms with Crippen LogP contribution in [-0.2, 0) is 13.1 Å². The molecule has 0 aliphatic carbocycles. The fourth-order valence-corrected chi connectivity index (χ4v) is 2.89. The summed E-state index contributed by atoms with van der Waals surface area (Å²) in [6, 6.07) is 6.57. The third-order valence-corrected chi connectivity index (χ3v) is 4.00. The molecule has 1 aromatic carbocycles. The predicted octanol–water partition coefficient (Wildman–Crippen LogP) is 3.04. The van der Waals surface area contributed by atoms with Crippen LogP contribution in [0.25, 0.3) is 0 Å². The Balaban J connectivity index is 2.02. The van der Waals surface area contributed by atoms with E-state index in [2.05, 4.69) is 42.3 Å². The van der Waals surface area contributed by atoms with E-state index in [0.29, 0.717) is 0 Å². The van der Waals surface area contributed by atoms with Crippen LogP contribution in [0.4, 0.5) is 0 Å². The molecule has 2 rings (SSSR count). The SMILES string of the molecule is CCCNCc1ccc(OC)c(CN2CCC(C)C2)c1. The summed E-state index contributed by atoms with van der Waals surface area (Å²) in [5.41, 5.74) is 2.67. The van der Waals surface area contributed by atoms with Gasteiger partial charge in [0, 0.05) is 25.2 Å². The first-order chi connectivity index (χ1) is 9.72. The zero-order chi connectivity index (χ0) is 14.4. The normalized spacial score (nSPS) is 19.4. The molecule has 1 unspecified atom stereocenters. The molecule has 1 atom stereocenters. The van der Waals surface area contributed by atoms with Crippen molar-refractivity contribution in [1.29, 1.82) is 0 Å². The molecular formula is C17H28N2O. The molecule has 1 aliphatic heterocycles. The Kier molecular flexibility index (Phi) is 5.86. The molecule has 112 valence electrons. The maximum atomic E-state index is 5.52. The molecule has 0 saturated carbocycles. The Morgan fingerprint density at radius 2 is 2.25 bits per heavy atom. The van der Waals surface area contributed by atoms with Crippen molar-refractivity contribution in [2.45, 2.75) is 39.8 Å². The van der Waals surface area contributed by atoms with Crippen LogP contribution in [0.3, 0.4) is 0 Å². The van der Waals surface area contributed by atoms with Gasteiger partial charge < -0.3 is 10.1 Å². The van der Waals surface area contributed by atoms with Gasteiger partial charge in [-0.05, 0) is 49.5 Å². The lowest BCUT2D eigenvalue weighted by Gasteiger charge is -2.18. The third-order valence-electron chi connectivity index (χ3n) is 4.00. The van der Waals surface area contributed by atoms with Crippen LogP contribution < -0.4 is 10.1 Å². The number of ether oxygens (including phenoxy) is 1. The Morgan fingerprint density at radius 1 is 1.40 bits per heavy atom. The fraction of sp³-hybridized carbons (Fsp3) is 0.647. The van der Waals surface area contributed by atoms with E-state index < -0.39 is 0 Å². The van der Waals surface area contributed by atoms with Crippen molar-refractivity contribution in [1.82, 2.24) is 10.2 Å². The van der Waals surface area contributed by atoms with E-state index >= 15 is 0 Å². The summed E-state index contributed by atoms with van der Waals surface area (Å²) in [5, 5.41) is 3.46. The van der Waals surface area contributed by atoms with Crippen LogP contribution in [0.1, 0.15) is 37.8 Å². The zero-order valence-electron chi connectivity index (χ0n) is 13.1. The molecule has 3 heteroatoms. The smallest absolute Gasteiger partial charge is 0.123 e. The van der Waals surface area contributed by atoms with Gasteiger partial charge in [0.15, 0.2) is 0 Å². The Morgan fingerprint density at radius 3 is 2.90 bits per heavy atom. The first-order valence-electron chi connectivity index (χ1n) is 7.81. The van der Waals surface area contributed by atoms with Crippen LogP contribution >= 0.6 is 0 Å². The minimum absolute atomic E-state index is 0.829. The van der Waals surface area contributed by atoms with Crippen LogP contribution in [0, 0.1) is 5.92 Å². The molecule has 0 spiro atoms. The van der Waals surface area contributed by atoms with Gasteiger partial charge in [-0.2, -0.15) is 0 Å². The van der Waals surface area contributed by atoms with Gasteiger partial charge in [-0.3, -0.25) is 4.90 Å². The van der Waals surface area contributed by atoms with Gasteiger partial charge in [-0.25, -0.2) is 0 Å². The maximum absolute atomic E-state index is 5.52. The highest BCUT2D eigenvalue weighted by Gasteiger charge is 2.19. The summed E-state index contributed by atoms with van der Waals surface area (Å²) < 4.78 is 5.52. The second-order valence-electron chi connectivity index (χ2n) is 5.95. The number of rotatable bonds is 7. The van der Waals surface area contributed by atoms with E-state index in [1.807, 2.05) is 0 Å². The van der Waals surface area contributed by atoms with Crippen molar-refractivity contribution < 1.29 is 4.74 Å². The molecule has 1 aliphatic rings. The summed E-state index contributed by atoms with van der Waals surface area (Å²) in [7, 11) is 1.76. The zero-order valence-corrected chi connectivity index (χ0v) is 13.1. The predicted molar refractivity (Wildman–Crippen MR) is 84.0 cm³/mol. The number of nitrogens with zero attached hydrogens (tertiary/aromatic N) is 1. The van der Waals surface area contributed by atoms with Crippen LogP contribution in [-0.4, -0.2) is 31.6 Å². The average Bonchev–Trinajstić information content (AvgIpc) is 2.85. The minimum atomic E-state index is 0.829. The van der Waals surface area contributed by atoms with E-state index in [4.69, 9.17) is 4.74 Å². The van der Waals surface area contributed by atoms with Crippen molar-refractivity contribution >= 4 is 0 Å². The third kappa shape index (κ3) is 4.22. The number of benzene rings is 1. The van der Waals surface area contributed by atoms with Gasteiger partial charge in [0.05, 0.1) is 7.11 Å². The van der Waals surface area contributed by atoms with Gasteiger partial charge in [0.1, 0.15) is 5.75 Å². The van der Waals surface area contributed by atoms with Crippen molar-refractivity contribution in [3.63, 3.8) is 0 Å². The molecule has 0 radical (unpaired) electrons. The quantitative estimate of drug-likeness (QED) is 0.775. The standard InChI is InChI=1S/C17H28N2O/c1-4-8-18-11-15-5-6-17(20-3)16(10-15)13-19-9-7-14(2)12-19/h5-6,10,14,18H,4,7-9,11-13H2,1-3H3. The molecule has 0 amide bonds. The first kappa shape index (κ1) is 15.3. The van der Waals surface area contributed by atoms with Gasteiger partial charge in [-0.1, -0.05) is 19.9 Å². The molecule has 3 nitrogen and oxygen atoms in total. The molecule has 1 saturated heterocycles. The van der Waals surface area contributed by atoms with Crippen LogP contribution in [0.5, 0.6) is 5.75 Å². The van der Waals surface area contributed by atoms with E-state index in [1.54, 1.807) is 7.11 Å². The molecule has 1 aromatic rings. The van der Waals surface area contributed by atoms with Crippen LogP contribution in [0.15, 0.2) is 18.2 Å². The lowest BCUT2D eigenvalue weighted by molar-refractivity contribution is 0.311. The van der Waals surface area contributed by atoms with Gasteiger partial charge in [0.25, 0.3) is 0 Å². The molecule has 0 aromatic heterocycles. The second kappa shape index (κ2) is 7.65.